The molecule has 1 aromatic heterocycles. The van der Waals surface area contributed by atoms with Crippen molar-refractivity contribution in [3.8, 4) is 0 Å². The van der Waals surface area contributed by atoms with Crippen molar-refractivity contribution in [3.05, 3.63) is 45.8 Å². The van der Waals surface area contributed by atoms with E-state index in [1.165, 1.54) is 0 Å². The molecule has 1 aliphatic rings. The SMILES string of the molecule is CCOC(=O)N1CCN(C(=O)c2cc3cc(C)ccc3oc2=O)CC1. The van der Waals surface area contributed by atoms with Crippen molar-refractivity contribution in [1.29, 1.82) is 0 Å². The Morgan fingerprint density at radius 3 is 2.48 bits per heavy atom. The first kappa shape index (κ1) is 17.0. The Bertz CT molecular complexity index is 865. The first-order valence-electron chi connectivity index (χ1n) is 8.25. The monoisotopic (exact) mass is 344 g/mol. The molecule has 3 rings (SSSR count). The third-order valence-corrected chi connectivity index (χ3v) is 4.21. The topological polar surface area (TPSA) is 80.1 Å². The molecule has 2 heterocycles. The molecule has 0 spiro atoms. The minimum atomic E-state index is -0.644. The highest BCUT2D eigenvalue weighted by molar-refractivity contribution is 5.96. The standard InChI is InChI=1S/C18H20N2O5/c1-3-24-18(23)20-8-6-19(7-9-20)16(21)14-11-13-10-12(2)4-5-15(13)25-17(14)22/h4-5,10-11H,3,6-9H2,1-2H3. The highest BCUT2D eigenvalue weighted by atomic mass is 16.6. The van der Waals surface area contributed by atoms with Gasteiger partial charge in [-0.05, 0) is 32.0 Å². The van der Waals surface area contributed by atoms with Crippen LogP contribution in [0.2, 0.25) is 0 Å². The van der Waals surface area contributed by atoms with Gasteiger partial charge in [-0.15, -0.1) is 0 Å². The van der Waals surface area contributed by atoms with Gasteiger partial charge in [0.1, 0.15) is 11.1 Å². The van der Waals surface area contributed by atoms with Crippen LogP contribution in [0.3, 0.4) is 0 Å². The third-order valence-electron chi connectivity index (χ3n) is 4.21. The lowest BCUT2D eigenvalue weighted by Crippen LogP contribution is -2.51. The van der Waals surface area contributed by atoms with Crippen molar-refractivity contribution in [2.24, 2.45) is 0 Å². The summed E-state index contributed by atoms with van der Waals surface area (Å²) in [6, 6.07) is 7.02. The van der Waals surface area contributed by atoms with E-state index in [0.29, 0.717) is 43.8 Å². The van der Waals surface area contributed by atoms with Crippen LogP contribution in [0.5, 0.6) is 0 Å². The zero-order valence-electron chi connectivity index (χ0n) is 14.3. The van der Waals surface area contributed by atoms with E-state index < -0.39 is 5.63 Å². The van der Waals surface area contributed by atoms with Crippen molar-refractivity contribution in [2.75, 3.05) is 32.8 Å². The molecule has 2 aromatic rings. The summed E-state index contributed by atoms with van der Waals surface area (Å²) >= 11 is 0. The van der Waals surface area contributed by atoms with Crippen molar-refractivity contribution in [1.82, 2.24) is 9.80 Å². The van der Waals surface area contributed by atoms with Gasteiger partial charge in [0.2, 0.25) is 0 Å². The number of benzene rings is 1. The lowest BCUT2D eigenvalue weighted by Gasteiger charge is -2.33. The van der Waals surface area contributed by atoms with Gasteiger partial charge in [-0.25, -0.2) is 9.59 Å². The number of aryl methyl sites for hydroxylation is 1. The molecule has 0 aliphatic carbocycles. The summed E-state index contributed by atoms with van der Waals surface area (Å²) in [4.78, 5) is 39.7. The number of ether oxygens (including phenoxy) is 1. The van der Waals surface area contributed by atoms with Crippen molar-refractivity contribution in [2.45, 2.75) is 13.8 Å². The molecule has 0 saturated carbocycles. The van der Waals surface area contributed by atoms with E-state index in [1.807, 2.05) is 19.1 Å². The van der Waals surface area contributed by atoms with E-state index in [1.54, 1.807) is 28.9 Å². The second-order valence-electron chi connectivity index (χ2n) is 5.97. The zero-order chi connectivity index (χ0) is 18.0. The predicted octanol–water partition coefficient (Wildman–Crippen LogP) is 2.02. The van der Waals surface area contributed by atoms with Crippen molar-refractivity contribution >= 4 is 23.0 Å². The fourth-order valence-electron chi connectivity index (χ4n) is 2.87. The van der Waals surface area contributed by atoms with Gasteiger partial charge >= 0.3 is 11.7 Å². The summed E-state index contributed by atoms with van der Waals surface area (Å²) in [7, 11) is 0. The Hall–Kier alpha value is -2.83. The van der Waals surface area contributed by atoms with E-state index in [0.717, 1.165) is 5.56 Å². The summed E-state index contributed by atoms with van der Waals surface area (Å²) in [5.74, 6) is -0.374. The number of hydrogen-bond donors (Lipinski definition) is 0. The van der Waals surface area contributed by atoms with E-state index in [9.17, 15) is 14.4 Å². The molecule has 1 fully saturated rings. The first-order valence-corrected chi connectivity index (χ1v) is 8.25. The number of rotatable bonds is 2. The number of nitrogens with zero attached hydrogens (tertiary/aromatic N) is 2. The Balaban J connectivity index is 1.78. The Kier molecular flexibility index (Phi) is 4.74. The molecule has 132 valence electrons. The maximum absolute atomic E-state index is 12.7. The highest BCUT2D eigenvalue weighted by Crippen LogP contribution is 2.17. The van der Waals surface area contributed by atoms with Crippen LogP contribution < -0.4 is 5.63 Å². The predicted molar refractivity (Wildman–Crippen MR) is 91.7 cm³/mol. The van der Waals surface area contributed by atoms with Crippen LogP contribution in [-0.2, 0) is 4.74 Å². The lowest BCUT2D eigenvalue weighted by atomic mass is 10.1. The fraction of sp³-hybridized carbons (Fsp3) is 0.389. The molecule has 1 aliphatic heterocycles. The number of piperazine rings is 1. The van der Waals surface area contributed by atoms with E-state index >= 15 is 0 Å². The third kappa shape index (κ3) is 3.50. The molecule has 0 unspecified atom stereocenters. The van der Waals surface area contributed by atoms with Gasteiger partial charge in [0.15, 0.2) is 0 Å². The van der Waals surface area contributed by atoms with Crippen LogP contribution >= 0.6 is 0 Å². The van der Waals surface area contributed by atoms with Gasteiger partial charge in [0.05, 0.1) is 6.61 Å². The molecule has 2 amide bonds. The molecule has 0 atom stereocenters. The van der Waals surface area contributed by atoms with Crippen molar-refractivity contribution in [3.63, 3.8) is 0 Å². The van der Waals surface area contributed by atoms with Gasteiger partial charge in [0.25, 0.3) is 5.91 Å². The molecule has 1 saturated heterocycles. The summed E-state index contributed by atoms with van der Waals surface area (Å²) < 4.78 is 10.2. The van der Waals surface area contributed by atoms with Gasteiger partial charge < -0.3 is 19.0 Å². The van der Waals surface area contributed by atoms with Gasteiger partial charge in [-0.3, -0.25) is 4.79 Å². The van der Waals surface area contributed by atoms with E-state index in [-0.39, 0.29) is 17.6 Å². The normalized spacial score (nSPS) is 14.6. The fourth-order valence-corrected chi connectivity index (χ4v) is 2.87. The second kappa shape index (κ2) is 6.96. The molecular weight excluding hydrogens is 324 g/mol. The Morgan fingerprint density at radius 2 is 1.80 bits per heavy atom. The number of carbonyl (C=O) groups is 2. The quantitative estimate of drug-likeness (QED) is 0.779. The van der Waals surface area contributed by atoms with Crippen LogP contribution in [0.25, 0.3) is 11.0 Å². The number of hydrogen-bond acceptors (Lipinski definition) is 5. The maximum Gasteiger partial charge on any atom is 0.409 e. The van der Waals surface area contributed by atoms with Crippen LogP contribution in [-0.4, -0.2) is 54.6 Å². The number of carbonyl (C=O) groups excluding carboxylic acids is 2. The van der Waals surface area contributed by atoms with Crippen LogP contribution in [0.15, 0.2) is 33.5 Å². The second-order valence-corrected chi connectivity index (χ2v) is 5.97. The summed E-state index contributed by atoms with van der Waals surface area (Å²) in [5.41, 5.74) is 0.846. The molecule has 25 heavy (non-hydrogen) atoms. The summed E-state index contributed by atoms with van der Waals surface area (Å²) in [5, 5.41) is 0.716. The summed E-state index contributed by atoms with van der Waals surface area (Å²) in [6.45, 7) is 5.45. The summed E-state index contributed by atoms with van der Waals surface area (Å²) in [6.07, 6.45) is -0.379. The largest absolute Gasteiger partial charge is 0.450 e. The van der Waals surface area contributed by atoms with Gasteiger partial charge in [-0.1, -0.05) is 11.6 Å². The van der Waals surface area contributed by atoms with Crippen LogP contribution in [0, 0.1) is 6.92 Å². The molecule has 7 nitrogen and oxygen atoms in total. The molecule has 0 radical (unpaired) electrons. The smallest absolute Gasteiger partial charge is 0.409 e. The molecular formula is C18H20N2O5. The first-order chi connectivity index (χ1) is 12.0. The number of fused-ring (bicyclic) bond motifs is 1. The number of amides is 2. The van der Waals surface area contributed by atoms with Crippen LogP contribution in [0.4, 0.5) is 4.79 Å². The minimum absolute atomic E-state index is 0.0164. The van der Waals surface area contributed by atoms with E-state index in [2.05, 4.69) is 0 Å². The molecule has 1 aromatic carbocycles. The lowest BCUT2D eigenvalue weighted by molar-refractivity contribution is 0.0567. The highest BCUT2D eigenvalue weighted by Gasteiger charge is 2.27. The zero-order valence-corrected chi connectivity index (χ0v) is 14.3. The average molecular weight is 344 g/mol. The van der Waals surface area contributed by atoms with E-state index in [4.69, 9.17) is 9.15 Å². The molecule has 0 N–H and O–H groups in total. The average Bonchev–Trinajstić information content (AvgIpc) is 2.61. The van der Waals surface area contributed by atoms with Crippen molar-refractivity contribution < 1.29 is 18.7 Å². The minimum Gasteiger partial charge on any atom is -0.450 e. The maximum atomic E-state index is 12.7. The Morgan fingerprint density at radius 1 is 1.12 bits per heavy atom. The van der Waals surface area contributed by atoms with Crippen LogP contribution in [0.1, 0.15) is 22.8 Å². The molecule has 7 heteroatoms. The molecule has 0 bridgehead atoms. The Labute approximate surface area is 144 Å². The van der Waals surface area contributed by atoms with Gasteiger partial charge in [-0.2, -0.15) is 0 Å². The van der Waals surface area contributed by atoms with Gasteiger partial charge in [0, 0.05) is 31.6 Å².